The molecule has 1 atom stereocenters. The Morgan fingerprint density at radius 1 is 0.346 bits per heavy atom. The van der Waals surface area contributed by atoms with Gasteiger partial charge in [-0.1, -0.05) is 71.1 Å². The highest BCUT2D eigenvalue weighted by Crippen LogP contribution is 2.38. The maximum atomic E-state index is 5.92. The van der Waals surface area contributed by atoms with E-state index in [0.29, 0.717) is 45.7 Å². The minimum Gasteiger partial charge on any atom is -0.377 e. The fourth-order valence-electron chi connectivity index (χ4n) is 6.52. The van der Waals surface area contributed by atoms with Gasteiger partial charge in [0.05, 0.1) is 0 Å². The number of hydrogen-bond acceptors (Lipinski definition) is 12. The molecule has 0 aliphatic heterocycles. The Labute approximate surface area is 325 Å². The maximum Gasteiger partial charge on any atom is 0.503 e. The Kier molecular flexibility index (Phi) is 36.3. The van der Waals surface area contributed by atoms with E-state index >= 15 is 0 Å². The van der Waals surface area contributed by atoms with Crippen LogP contribution < -0.4 is 0 Å². The van der Waals surface area contributed by atoms with Gasteiger partial charge in [-0.25, -0.2) is 0 Å². The third-order valence-corrected chi connectivity index (χ3v) is 21.9. The molecule has 316 valence electrons. The van der Waals surface area contributed by atoms with E-state index in [1.54, 1.807) is 42.7 Å². The molecule has 52 heavy (non-hydrogen) atoms. The van der Waals surface area contributed by atoms with E-state index < -0.39 is 35.2 Å². The Hall–Kier alpha value is 0.388. The largest absolute Gasteiger partial charge is 0.503 e. The van der Waals surface area contributed by atoms with Gasteiger partial charge in [0, 0.05) is 106 Å². The number of hydrogen-bond donors (Lipinski definition) is 0. The zero-order chi connectivity index (χ0) is 39.6. The molecular formula is C36H84O12Si4. The smallest absolute Gasteiger partial charge is 0.377 e. The van der Waals surface area contributed by atoms with Crippen molar-refractivity contribution in [1.29, 1.82) is 0 Å². The van der Waals surface area contributed by atoms with Crippen molar-refractivity contribution in [3.8, 4) is 0 Å². The summed E-state index contributed by atoms with van der Waals surface area (Å²) < 4.78 is 69.5. The molecule has 0 rings (SSSR count). The molecule has 0 aliphatic rings. The summed E-state index contributed by atoms with van der Waals surface area (Å²) in [5, 5.41) is 0. The van der Waals surface area contributed by atoms with E-state index in [9.17, 15) is 0 Å². The van der Waals surface area contributed by atoms with Crippen LogP contribution in [0.15, 0.2) is 0 Å². The molecular weight excluding hydrogens is 737 g/mol. The SMILES string of the molecule is CCCCCCCCC(C[Si](OC)(OC)OC)[Si](OC)(OC)OC.CCO[Si](CCCCCCCC[Si](OCC)(OCC)OCC)(OCC)OCC. The Balaban J connectivity index is 0. The van der Waals surface area contributed by atoms with E-state index in [2.05, 4.69) is 6.92 Å². The van der Waals surface area contributed by atoms with Gasteiger partial charge in [-0.15, -0.1) is 0 Å². The lowest BCUT2D eigenvalue weighted by atomic mass is 10.1. The highest BCUT2D eigenvalue weighted by atomic mass is 28.4. The fourth-order valence-corrected chi connectivity index (χ4v) is 17.5. The molecule has 0 fully saturated rings. The molecule has 0 radical (unpaired) electrons. The summed E-state index contributed by atoms with van der Waals surface area (Å²) in [6.45, 7) is 18.2. The molecule has 0 amide bonds. The zero-order valence-electron chi connectivity index (χ0n) is 36.0. The summed E-state index contributed by atoms with van der Waals surface area (Å²) in [5.41, 5.74) is 0.0928. The normalized spacial score (nSPS) is 13.3. The number of unbranched alkanes of at least 4 members (excludes halogenated alkanes) is 10. The van der Waals surface area contributed by atoms with Crippen LogP contribution in [0.1, 0.15) is 132 Å². The van der Waals surface area contributed by atoms with Crippen molar-refractivity contribution in [2.45, 2.75) is 156 Å². The van der Waals surface area contributed by atoms with Gasteiger partial charge in [0.25, 0.3) is 0 Å². The molecule has 0 saturated carbocycles. The minimum absolute atomic E-state index is 0.0928. The van der Waals surface area contributed by atoms with Crippen LogP contribution in [0, 0.1) is 0 Å². The second-order valence-corrected chi connectivity index (χ2v) is 24.3. The van der Waals surface area contributed by atoms with Gasteiger partial charge in [-0.05, 0) is 60.8 Å². The third-order valence-electron chi connectivity index (χ3n) is 9.09. The predicted octanol–water partition coefficient (Wildman–Crippen LogP) is 9.29. The van der Waals surface area contributed by atoms with Gasteiger partial charge >= 0.3 is 35.2 Å². The van der Waals surface area contributed by atoms with Crippen LogP contribution in [-0.2, 0) is 53.1 Å². The van der Waals surface area contributed by atoms with Crippen LogP contribution >= 0.6 is 0 Å². The molecule has 0 heterocycles. The van der Waals surface area contributed by atoms with Crippen molar-refractivity contribution in [3.05, 3.63) is 0 Å². The van der Waals surface area contributed by atoms with E-state index in [1.807, 2.05) is 41.5 Å². The molecule has 0 aromatic heterocycles. The Morgan fingerprint density at radius 2 is 0.654 bits per heavy atom. The van der Waals surface area contributed by atoms with Crippen molar-refractivity contribution < 1.29 is 53.1 Å². The van der Waals surface area contributed by atoms with Crippen LogP contribution in [0.5, 0.6) is 0 Å². The van der Waals surface area contributed by atoms with Gasteiger partial charge in [-0.3, -0.25) is 0 Å². The van der Waals surface area contributed by atoms with Crippen molar-refractivity contribution >= 4 is 35.2 Å². The summed E-state index contributed by atoms with van der Waals surface area (Å²) in [7, 11) is -0.572. The summed E-state index contributed by atoms with van der Waals surface area (Å²) >= 11 is 0. The van der Waals surface area contributed by atoms with Crippen molar-refractivity contribution in [1.82, 2.24) is 0 Å². The predicted molar refractivity (Wildman–Crippen MR) is 219 cm³/mol. The molecule has 0 aromatic carbocycles. The Morgan fingerprint density at radius 3 is 0.942 bits per heavy atom. The first-order valence-electron chi connectivity index (χ1n) is 20.2. The van der Waals surface area contributed by atoms with Crippen LogP contribution in [0.2, 0.25) is 23.7 Å². The van der Waals surface area contributed by atoms with Gasteiger partial charge < -0.3 is 53.1 Å². The number of rotatable bonds is 37. The van der Waals surface area contributed by atoms with Crippen molar-refractivity contribution in [2.24, 2.45) is 0 Å². The molecule has 0 bridgehead atoms. The van der Waals surface area contributed by atoms with Gasteiger partial charge in [0.2, 0.25) is 0 Å². The second-order valence-electron chi connectivity index (χ2n) is 12.6. The molecule has 16 heteroatoms. The summed E-state index contributed by atoms with van der Waals surface area (Å²) in [6.07, 6.45) is 15.4. The molecule has 12 nitrogen and oxygen atoms in total. The first-order valence-corrected chi connectivity index (χ1v) is 27.8. The van der Waals surface area contributed by atoms with Crippen LogP contribution in [0.25, 0.3) is 0 Å². The van der Waals surface area contributed by atoms with E-state index in [4.69, 9.17) is 53.1 Å². The molecule has 0 aliphatic carbocycles. The Bertz CT molecular complexity index is 684. The lowest BCUT2D eigenvalue weighted by Crippen LogP contribution is -2.53. The molecule has 0 aromatic rings. The molecule has 0 N–H and O–H groups in total. The van der Waals surface area contributed by atoms with Crippen molar-refractivity contribution in [2.75, 3.05) is 82.3 Å². The van der Waals surface area contributed by atoms with Gasteiger partial charge in [0.15, 0.2) is 0 Å². The quantitative estimate of drug-likeness (QED) is 0.0440. The van der Waals surface area contributed by atoms with Crippen LogP contribution in [0.3, 0.4) is 0 Å². The van der Waals surface area contributed by atoms with Gasteiger partial charge in [0.1, 0.15) is 0 Å². The molecule has 0 saturated heterocycles. The summed E-state index contributed by atoms with van der Waals surface area (Å²) in [6, 6.07) is 2.46. The summed E-state index contributed by atoms with van der Waals surface area (Å²) in [5.74, 6) is 0. The second kappa shape index (κ2) is 34.6. The average Bonchev–Trinajstić information content (AvgIpc) is 3.14. The van der Waals surface area contributed by atoms with E-state index in [0.717, 1.165) is 37.8 Å². The van der Waals surface area contributed by atoms with Crippen LogP contribution in [-0.4, -0.2) is 118 Å². The van der Waals surface area contributed by atoms with Gasteiger partial charge in [-0.2, -0.15) is 0 Å². The fraction of sp³-hybridized carbons (Fsp3) is 1.00. The van der Waals surface area contributed by atoms with Crippen molar-refractivity contribution in [3.63, 3.8) is 0 Å². The maximum absolute atomic E-state index is 5.92. The first kappa shape index (κ1) is 54.5. The average molecular weight is 821 g/mol. The lowest BCUT2D eigenvalue weighted by Gasteiger charge is -2.36. The topological polar surface area (TPSA) is 111 Å². The standard InChI is InChI=1S/C20H46O6Si2.C16H38O6Si2/c1-7-21-27(22-8-2,23-9-3)19-17-15-13-14-16-18-20-28(24-10-4,25-11-5)26-12-6;1-8-9-10-11-12-13-14-16(24(20-5,21-6)22-7)15-23(17-2,18-3)19-4/h7-20H2,1-6H3;16H,8-15H2,1-7H3. The summed E-state index contributed by atoms with van der Waals surface area (Å²) in [4.78, 5) is 0. The third kappa shape index (κ3) is 22.2. The highest BCUT2D eigenvalue weighted by molar-refractivity contribution is 6.67. The molecule has 1 unspecified atom stereocenters. The zero-order valence-corrected chi connectivity index (χ0v) is 40.0. The van der Waals surface area contributed by atoms with E-state index in [1.165, 1.54) is 57.8 Å². The first-order chi connectivity index (χ1) is 25.1. The monoisotopic (exact) mass is 821 g/mol. The minimum atomic E-state index is -2.79. The molecule has 0 spiro atoms. The van der Waals surface area contributed by atoms with Crippen LogP contribution in [0.4, 0.5) is 0 Å². The van der Waals surface area contributed by atoms with E-state index in [-0.39, 0.29) is 5.54 Å². The lowest BCUT2D eigenvalue weighted by molar-refractivity contribution is 0.0695. The highest BCUT2D eigenvalue weighted by Gasteiger charge is 2.53.